The first-order valence-electron chi connectivity index (χ1n) is 5.08. The topological polar surface area (TPSA) is 83.5 Å². The van der Waals surface area contributed by atoms with Crippen molar-refractivity contribution in [1.82, 2.24) is 0 Å². The van der Waals surface area contributed by atoms with Crippen molar-refractivity contribution < 1.29 is 22.7 Å². The van der Waals surface area contributed by atoms with Crippen LogP contribution in [-0.2, 0) is 10.0 Å². The lowest BCUT2D eigenvalue weighted by atomic mass is 10.2. The molecule has 20 heavy (non-hydrogen) atoms. The van der Waals surface area contributed by atoms with Crippen LogP contribution in [0.4, 0.5) is 10.1 Å². The summed E-state index contributed by atoms with van der Waals surface area (Å²) in [6.45, 7) is 0. The Bertz CT molecular complexity index is 759. The summed E-state index contributed by atoms with van der Waals surface area (Å²) < 4.78 is 39.8. The van der Waals surface area contributed by atoms with Crippen LogP contribution >= 0.6 is 22.9 Å². The first kappa shape index (κ1) is 14.8. The minimum Gasteiger partial charge on any atom is -0.478 e. The lowest BCUT2D eigenvalue weighted by Gasteiger charge is -2.08. The highest BCUT2D eigenvalue weighted by Crippen LogP contribution is 2.26. The summed E-state index contributed by atoms with van der Waals surface area (Å²) in [6, 6.07) is 3.00. The molecule has 1 aromatic heterocycles. The number of benzene rings is 1. The van der Waals surface area contributed by atoms with E-state index in [-0.39, 0.29) is 0 Å². The lowest BCUT2D eigenvalue weighted by molar-refractivity contribution is 0.0696. The second-order valence-corrected chi connectivity index (χ2v) is 6.53. The molecule has 2 aromatic rings. The smallest absolute Gasteiger partial charge is 0.337 e. The van der Waals surface area contributed by atoms with Crippen LogP contribution in [0, 0.1) is 5.82 Å². The number of carboxylic acid groups (broad SMARTS) is 1. The number of thiophene rings is 1. The van der Waals surface area contributed by atoms with E-state index in [9.17, 15) is 17.6 Å². The van der Waals surface area contributed by atoms with Gasteiger partial charge in [-0.2, -0.15) is 11.3 Å². The highest BCUT2D eigenvalue weighted by molar-refractivity contribution is 7.92. The average molecular weight is 336 g/mol. The molecule has 0 amide bonds. The Labute approximate surface area is 122 Å². The lowest BCUT2D eigenvalue weighted by Crippen LogP contribution is -2.14. The number of halogens is 2. The maximum absolute atomic E-state index is 13.5. The van der Waals surface area contributed by atoms with Gasteiger partial charge in [0.1, 0.15) is 5.82 Å². The summed E-state index contributed by atoms with van der Waals surface area (Å²) in [6.07, 6.45) is 0. The van der Waals surface area contributed by atoms with E-state index in [2.05, 4.69) is 4.72 Å². The van der Waals surface area contributed by atoms with Crippen molar-refractivity contribution in [3.05, 3.63) is 45.4 Å². The quantitative estimate of drug-likeness (QED) is 0.899. The van der Waals surface area contributed by atoms with E-state index >= 15 is 0 Å². The van der Waals surface area contributed by atoms with Crippen LogP contribution in [0.5, 0.6) is 0 Å². The van der Waals surface area contributed by atoms with Crippen LogP contribution in [0.15, 0.2) is 33.9 Å². The second-order valence-electron chi connectivity index (χ2n) is 3.69. The van der Waals surface area contributed by atoms with Gasteiger partial charge in [0.2, 0.25) is 0 Å². The van der Waals surface area contributed by atoms with E-state index in [0.717, 1.165) is 6.07 Å². The van der Waals surface area contributed by atoms with Gasteiger partial charge >= 0.3 is 5.97 Å². The van der Waals surface area contributed by atoms with Crippen LogP contribution in [0.3, 0.4) is 0 Å². The maximum atomic E-state index is 13.5. The molecule has 9 heteroatoms. The number of rotatable bonds is 4. The Morgan fingerprint density at radius 3 is 2.65 bits per heavy atom. The van der Waals surface area contributed by atoms with Crippen LogP contribution in [0.1, 0.15) is 10.4 Å². The molecular weight excluding hydrogens is 329 g/mol. The molecule has 0 aliphatic heterocycles. The van der Waals surface area contributed by atoms with E-state index < -0.39 is 37.3 Å². The Morgan fingerprint density at radius 2 is 2.10 bits per heavy atom. The van der Waals surface area contributed by atoms with E-state index in [1.54, 1.807) is 10.8 Å². The molecule has 2 rings (SSSR count). The van der Waals surface area contributed by atoms with Crippen LogP contribution in [0.25, 0.3) is 0 Å². The molecule has 106 valence electrons. The van der Waals surface area contributed by atoms with Gasteiger partial charge in [0.25, 0.3) is 10.0 Å². The number of aromatic carboxylic acids is 1. The number of hydrogen-bond donors (Lipinski definition) is 2. The normalized spacial score (nSPS) is 11.3. The standard InChI is InChI=1S/C11H7ClFNO4S2/c12-10-8(11(15)16)3-7(4-9(10)13)20(17,18)14-6-1-2-19-5-6/h1-5,14H,(H,15,16). The van der Waals surface area contributed by atoms with Gasteiger partial charge in [-0.05, 0) is 23.6 Å². The summed E-state index contributed by atoms with van der Waals surface area (Å²) in [5.74, 6) is -2.63. The summed E-state index contributed by atoms with van der Waals surface area (Å²) in [7, 11) is -4.08. The monoisotopic (exact) mass is 335 g/mol. The minimum atomic E-state index is -4.08. The highest BCUT2D eigenvalue weighted by atomic mass is 35.5. The Kier molecular flexibility index (Phi) is 3.98. The van der Waals surface area contributed by atoms with Gasteiger partial charge in [-0.25, -0.2) is 17.6 Å². The molecule has 0 saturated heterocycles. The zero-order valence-corrected chi connectivity index (χ0v) is 12.0. The fraction of sp³-hybridized carbons (Fsp3) is 0. The van der Waals surface area contributed by atoms with Gasteiger partial charge in [0, 0.05) is 5.38 Å². The molecule has 0 spiro atoms. The molecular formula is C11H7ClFNO4S2. The molecule has 0 unspecified atom stereocenters. The second kappa shape index (κ2) is 5.39. The first-order valence-corrected chi connectivity index (χ1v) is 7.89. The SMILES string of the molecule is O=C(O)c1cc(S(=O)(=O)Nc2ccsc2)cc(F)c1Cl. The molecule has 0 atom stereocenters. The first-order chi connectivity index (χ1) is 9.31. The van der Waals surface area contributed by atoms with Crippen molar-refractivity contribution in [2.24, 2.45) is 0 Å². The van der Waals surface area contributed by atoms with Crippen molar-refractivity contribution in [3.63, 3.8) is 0 Å². The Balaban J connectivity index is 2.49. The van der Waals surface area contributed by atoms with Gasteiger partial charge < -0.3 is 5.11 Å². The number of hydrogen-bond acceptors (Lipinski definition) is 4. The van der Waals surface area contributed by atoms with Crippen molar-refractivity contribution in [1.29, 1.82) is 0 Å². The molecule has 2 N–H and O–H groups in total. The van der Waals surface area contributed by atoms with Crippen molar-refractivity contribution in [2.45, 2.75) is 4.90 Å². The van der Waals surface area contributed by atoms with Crippen LogP contribution in [-0.4, -0.2) is 19.5 Å². The Morgan fingerprint density at radius 1 is 1.40 bits per heavy atom. The predicted octanol–water partition coefficient (Wildman–Crippen LogP) is 3.04. The molecule has 1 aromatic carbocycles. The summed E-state index contributed by atoms with van der Waals surface area (Å²) in [5.41, 5.74) is -0.306. The number of carboxylic acids is 1. The Hall–Kier alpha value is -1.64. The molecule has 5 nitrogen and oxygen atoms in total. The van der Waals surface area contributed by atoms with Gasteiger partial charge in [-0.1, -0.05) is 11.6 Å². The molecule has 0 fully saturated rings. The molecule has 0 aliphatic carbocycles. The van der Waals surface area contributed by atoms with E-state index in [4.69, 9.17) is 16.7 Å². The maximum Gasteiger partial charge on any atom is 0.337 e. The van der Waals surface area contributed by atoms with Crippen LogP contribution in [0.2, 0.25) is 5.02 Å². The number of carbonyl (C=O) groups is 1. The van der Waals surface area contributed by atoms with Crippen molar-refractivity contribution >= 4 is 44.6 Å². The fourth-order valence-electron chi connectivity index (χ4n) is 1.41. The van der Waals surface area contributed by atoms with Gasteiger partial charge in [-0.3, -0.25) is 4.72 Å². The highest BCUT2D eigenvalue weighted by Gasteiger charge is 2.22. The summed E-state index contributed by atoms with van der Waals surface area (Å²) in [5, 5.41) is 11.4. The van der Waals surface area contributed by atoms with Gasteiger partial charge in [0.05, 0.1) is 21.2 Å². The fourth-order valence-corrected chi connectivity index (χ4v) is 3.35. The number of anilines is 1. The molecule has 1 heterocycles. The summed E-state index contributed by atoms with van der Waals surface area (Å²) in [4.78, 5) is 10.4. The average Bonchev–Trinajstić information content (AvgIpc) is 2.83. The third-order valence-electron chi connectivity index (χ3n) is 2.32. The van der Waals surface area contributed by atoms with E-state index in [1.165, 1.54) is 17.4 Å². The van der Waals surface area contributed by atoms with Crippen molar-refractivity contribution in [2.75, 3.05) is 4.72 Å². The number of sulfonamides is 1. The molecule has 0 radical (unpaired) electrons. The summed E-state index contributed by atoms with van der Waals surface area (Å²) >= 11 is 6.76. The van der Waals surface area contributed by atoms with E-state index in [1.807, 2.05) is 0 Å². The van der Waals surface area contributed by atoms with Gasteiger partial charge in [-0.15, -0.1) is 0 Å². The van der Waals surface area contributed by atoms with Crippen molar-refractivity contribution in [3.8, 4) is 0 Å². The van der Waals surface area contributed by atoms with Gasteiger partial charge in [0.15, 0.2) is 0 Å². The number of nitrogens with one attached hydrogen (secondary N) is 1. The van der Waals surface area contributed by atoms with E-state index in [0.29, 0.717) is 11.8 Å². The molecule has 0 aliphatic rings. The minimum absolute atomic E-state index is 0.308. The zero-order chi connectivity index (χ0) is 14.9. The molecule has 0 bridgehead atoms. The predicted molar refractivity (Wildman–Crippen MR) is 73.5 cm³/mol. The third kappa shape index (κ3) is 2.92. The third-order valence-corrected chi connectivity index (χ3v) is 4.74. The van der Waals surface area contributed by atoms with Crippen LogP contribution < -0.4 is 4.72 Å². The molecule has 0 saturated carbocycles. The zero-order valence-electron chi connectivity index (χ0n) is 9.63. The largest absolute Gasteiger partial charge is 0.478 e.